The first kappa shape index (κ1) is 20.3. The van der Waals surface area contributed by atoms with Crippen LogP contribution < -0.4 is 29.6 Å². The summed E-state index contributed by atoms with van der Waals surface area (Å²) in [6.45, 7) is 8.01. The Morgan fingerprint density at radius 1 is 1.14 bits per heavy atom. The van der Waals surface area contributed by atoms with Gasteiger partial charge in [0.1, 0.15) is 0 Å². The van der Waals surface area contributed by atoms with E-state index in [-0.39, 0.29) is 35.3 Å². The Morgan fingerprint density at radius 3 is 1.71 bits per heavy atom. The van der Waals surface area contributed by atoms with Crippen molar-refractivity contribution in [2.45, 2.75) is 47.0 Å². The molecule has 0 saturated heterocycles. The normalized spacial score (nSPS) is 10.1. The Labute approximate surface area is 111 Å². The molecule has 0 heterocycles. The minimum absolute atomic E-state index is 0. The number of rotatable bonds is 5. The first-order valence-electron chi connectivity index (χ1n) is 4.93. The Morgan fingerprint density at radius 2 is 1.50 bits per heavy atom. The van der Waals surface area contributed by atoms with Gasteiger partial charge >= 0.3 is 29.6 Å². The van der Waals surface area contributed by atoms with Crippen LogP contribution in [0.15, 0.2) is 0 Å². The van der Waals surface area contributed by atoms with Crippen molar-refractivity contribution in [3.05, 3.63) is 0 Å². The molecule has 0 amide bonds. The maximum Gasteiger partial charge on any atom is 1.00 e. The van der Waals surface area contributed by atoms with Gasteiger partial charge in [-0.15, -0.1) is 0 Å². The zero-order valence-corrected chi connectivity index (χ0v) is 12.9. The number of hydrogen-bond acceptors (Lipinski definition) is 3. The molecule has 3 nitrogen and oxygen atoms in total. The topological polar surface area (TPSA) is 57.2 Å². The fraction of sp³-hybridized carbons (Fsp3) is 1.00. The van der Waals surface area contributed by atoms with Gasteiger partial charge in [0.15, 0.2) is 0 Å². The summed E-state index contributed by atoms with van der Waals surface area (Å²) in [6.07, 6.45) is 2.41. The van der Waals surface area contributed by atoms with E-state index in [2.05, 4.69) is 0 Å². The van der Waals surface area contributed by atoms with E-state index in [9.17, 15) is 13.0 Å². The third-order valence-corrected chi connectivity index (χ3v) is 2.67. The quantitative estimate of drug-likeness (QED) is 0.469. The molecule has 0 aromatic rings. The van der Waals surface area contributed by atoms with Crippen molar-refractivity contribution in [2.75, 3.05) is 5.75 Å². The van der Waals surface area contributed by atoms with Crippen LogP contribution in [0.3, 0.4) is 0 Å². The zero-order valence-electron chi connectivity index (χ0n) is 10.0. The van der Waals surface area contributed by atoms with Crippen molar-refractivity contribution in [1.82, 2.24) is 0 Å². The van der Waals surface area contributed by atoms with E-state index in [4.69, 9.17) is 0 Å². The minimum Gasteiger partial charge on any atom is -0.748 e. The van der Waals surface area contributed by atoms with Crippen LogP contribution in [-0.2, 0) is 10.1 Å². The van der Waals surface area contributed by atoms with Crippen molar-refractivity contribution in [3.8, 4) is 0 Å². The standard InChI is InChI=1S/C7H16O3S.C2H6.Na/c1-3-7(4-2)5-6-11(8,9)10;1-2;/h7H,3-6H2,1-2H3,(H,8,9,10);1-2H3;/q;;+1/p-1. The molecule has 0 aromatic heterocycles. The zero-order chi connectivity index (χ0) is 10.9. The molecule has 0 radical (unpaired) electrons. The van der Waals surface area contributed by atoms with Gasteiger partial charge < -0.3 is 4.55 Å². The molecule has 0 N–H and O–H groups in total. The van der Waals surface area contributed by atoms with E-state index in [1.54, 1.807) is 0 Å². The molecule has 5 heteroatoms. The van der Waals surface area contributed by atoms with Crippen LogP contribution in [0.4, 0.5) is 0 Å². The second-order valence-corrected chi connectivity index (χ2v) is 4.26. The molecule has 0 aliphatic carbocycles. The molecule has 0 fully saturated rings. The van der Waals surface area contributed by atoms with E-state index in [0.29, 0.717) is 12.3 Å². The van der Waals surface area contributed by atoms with Crippen molar-refractivity contribution < 1.29 is 42.5 Å². The van der Waals surface area contributed by atoms with E-state index in [1.165, 1.54) is 0 Å². The summed E-state index contributed by atoms with van der Waals surface area (Å²) in [7, 11) is -3.99. The molecule has 0 atom stereocenters. The van der Waals surface area contributed by atoms with E-state index >= 15 is 0 Å². The summed E-state index contributed by atoms with van der Waals surface area (Å²) in [6, 6.07) is 0. The Hall–Kier alpha value is 0.910. The van der Waals surface area contributed by atoms with E-state index < -0.39 is 10.1 Å². The smallest absolute Gasteiger partial charge is 0.748 e. The first-order chi connectivity index (χ1) is 5.99. The third kappa shape index (κ3) is 15.4. The summed E-state index contributed by atoms with van der Waals surface area (Å²) in [5, 5.41) is 0. The third-order valence-electron chi connectivity index (χ3n) is 1.93. The van der Waals surface area contributed by atoms with E-state index in [1.807, 2.05) is 27.7 Å². The number of hydrogen-bond donors (Lipinski definition) is 0. The van der Waals surface area contributed by atoms with Gasteiger partial charge in [0.25, 0.3) is 0 Å². The predicted molar refractivity (Wildman–Crippen MR) is 54.6 cm³/mol. The van der Waals surface area contributed by atoms with Crippen LogP contribution in [0.5, 0.6) is 0 Å². The van der Waals surface area contributed by atoms with Gasteiger partial charge in [0.05, 0.1) is 10.1 Å². The van der Waals surface area contributed by atoms with Crippen LogP contribution in [0, 0.1) is 5.92 Å². The molecule has 14 heavy (non-hydrogen) atoms. The molecule has 0 aliphatic rings. The molecule has 0 saturated carbocycles. The molecule has 0 aromatic carbocycles. The molecule has 0 rings (SSSR count). The van der Waals surface area contributed by atoms with Crippen LogP contribution in [0.1, 0.15) is 47.0 Å². The van der Waals surface area contributed by atoms with Gasteiger partial charge in [0.2, 0.25) is 0 Å². The van der Waals surface area contributed by atoms with Crippen molar-refractivity contribution in [1.29, 1.82) is 0 Å². The van der Waals surface area contributed by atoms with Crippen LogP contribution in [0.2, 0.25) is 0 Å². The van der Waals surface area contributed by atoms with Crippen LogP contribution >= 0.6 is 0 Å². The summed E-state index contributed by atoms with van der Waals surface area (Å²) < 4.78 is 30.6. The molecular formula is C9H21NaO3S. The monoisotopic (exact) mass is 232 g/mol. The van der Waals surface area contributed by atoms with Gasteiger partial charge in [-0.3, -0.25) is 0 Å². The van der Waals surface area contributed by atoms with Gasteiger partial charge in [-0.25, -0.2) is 8.42 Å². The van der Waals surface area contributed by atoms with Crippen molar-refractivity contribution in [3.63, 3.8) is 0 Å². The van der Waals surface area contributed by atoms with Crippen molar-refractivity contribution in [2.24, 2.45) is 5.92 Å². The predicted octanol–water partition coefficient (Wildman–Crippen LogP) is -0.612. The molecule has 0 spiro atoms. The molecule has 0 unspecified atom stereocenters. The summed E-state index contributed by atoms with van der Waals surface area (Å²) >= 11 is 0. The second-order valence-electron chi connectivity index (χ2n) is 2.73. The van der Waals surface area contributed by atoms with E-state index in [0.717, 1.165) is 12.8 Å². The Kier molecular flexibility index (Phi) is 17.4. The molecule has 0 bridgehead atoms. The molecule has 82 valence electrons. The maximum absolute atomic E-state index is 10.2. The average molecular weight is 232 g/mol. The summed E-state index contributed by atoms with van der Waals surface area (Å²) in [5.41, 5.74) is 0. The maximum atomic E-state index is 10.2. The fourth-order valence-corrected chi connectivity index (χ4v) is 1.63. The Bertz CT molecular complexity index is 186. The fourth-order valence-electron chi connectivity index (χ4n) is 1.01. The van der Waals surface area contributed by atoms with Gasteiger partial charge in [-0.2, -0.15) is 0 Å². The Balaban J connectivity index is -0.000000376. The first-order valence-corrected chi connectivity index (χ1v) is 6.50. The van der Waals surface area contributed by atoms with Crippen LogP contribution in [0.25, 0.3) is 0 Å². The van der Waals surface area contributed by atoms with Gasteiger partial charge in [-0.05, 0) is 12.3 Å². The van der Waals surface area contributed by atoms with Crippen LogP contribution in [-0.4, -0.2) is 18.7 Å². The van der Waals surface area contributed by atoms with Gasteiger partial charge in [0, 0.05) is 5.75 Å². The minimum atomic E-state index is -3.99. The average Bonchev–Trinajstić information content (AvgIpc) is 2.08. The summed E-state index contributed by atoms with van der Waals surface area (Å²) in [5.74, 6) is 0.179. The van der Waals surface area contributed by atoms with Gasteiger partial charge in [-0.1, -0.05) is 40.5 Å². The van der Waals surface area contributed by atoms with Crippen molar-refractivity contribution >= 4 is 10.1 Å². The largest absolute Gasteiger partial charge is 1.00 e. The SMILES string of the molecule is CC.CCC(CC)CCS(=O)(=O)[O-].[Na+]. The summed E-state index contributed by atoms with van der Waals surface area (Å²) in [4.78, 5) is 0. The molecular weight excluding hydrogens is 211 g/mol. The molecule has 0 aliphatic heterocycles. The second kappa shape index (κ2) is 12.0.